The van der Waals surface area contributed by atoms with E-state index in [1.807, 2.05) is 6.07 Å². The lowest BCUT2D eigenvalue weighted by Gasteiger charge is -2.06. The van der Waals surface area contributed by atoms with Crippen LogP contribution in [-0.4, -0.2) is 15.5 Å². The number of esters is 1. The quantitative estimate of drug-likeness (QED) is 0.385. The van der Waals surface area contributed by atoms with Gasteiger partial charge in [0.15, 0.2) is 0 Å². The molecule has 2 aromatic heterocycles. The van der Waals surface area contributed by atoms with Crippen LogP contribution in [0.15, 0.2) is 65.7 Å². The van der Waals surface area contributed by atoms with E-state index in [2.05, 4.69) is 4.98 Å². The van der Waals surface area contributed by atoms with E-state index in [1.165, 1.54) is 23.0 Å². The Bertz CT molecular complexity index is 1230. The van der Waals surface area contributed by atoms with Crippen molar-refractivity contribution in [1.29, 1.82) is 0 Å². The second kappa shape index (κ2) is 7.36. The van der Waals surface area contributed by atoms with Gasteiger partial charge in [0.25, 0.3) is 5.56 Å². The zero-order valence-electron chi connectivity index (χ0n) is 14.9. The molecule has 2 aromatic carbocycles. The van der Waals surface area contributed by atoms with E-state index in [4.69, 9.17) is 4.74 Å². The first-order valence-electron chi connectivity index (χ1n) is 8.53. The summed E-state index contributed by atoms with van der Waals surface area (Å²) in [6.07, 6.45) is 1.41. The Morgan fingerprint density at radius 2 is 1.96 bits per heavy atom. The summed E-state index contributed by atoms with van der Waals surface area (Å²) in [7, 11) is 0. The molecule has 0 aliphatic carbocycles. The third kappa shape index (κ3) is 3.44. The molecular weight excluding hydrogens is 379 g/mol. The number of fused-ring (bicyclic) bond motifs is 1. The summed E-state index contributed by atoms with van der Waals surface area (Å²) in [5.74, 6) is -0.458. The van der Waals surface area contributed by atoms with Crippen LogP contribution >= 0.6 is 11.3 Å². The molecule has 4 aromatic rings. The molecule has 5 nitrogen and oxygen atoms in total. The van der Waals surface area contributed by atoms with Gasteiger partial charge in [-0.05, 0) is 42.3 Å². The van der Waals surface area contributed by atoms with Gasteiger partial charge in [-0.2, -0.15) is 0 Å². The Hall–Kier alpha value is -3.32. The first kappa shape index (κ1) is 18.1. The van der Waals surface area contributed by atoms with E-state index in [1.54, 1.807) is 43.3 Å². The van der Waals surface area contributed by atoms with E-state index >= 15 is 0 Å². The number of benzene rings is 2. The molecule has 0 bridgehead atoms. The Labute approximate surface area is 163 Å². The molecule has 0 fully saturated rings. The largest absolute Gasteiger partial charge is 0.422 e. The number of nitrogens with zero attached hydrogens (tertiary/aromatic N) is 2. The monoisotopic (exact) mass is 394 g/mol. The summed E-state index contributed by atoms with van der Waals surface area (Å²) in [4.78, 5) is 30.6. The highest BCUT2D eigenvalue weighted by Crippen LogP contribution is 2.28. The Balaban J connectivity index is 1.70. The van der Waals surface area contributed by atoms with Crippen LogP contribution in [0.25, 0.3) is 10.2 Å². The van der Waals surface area contributed by atoms with Gasteiger partial charge in [0.1, 0.15) is 21.3 Å². The zero-order valence-corrected chi connectivity index (χ0v) is 15.7. The molecule has 0 saturated heterocycles. The number of aromatic nitrogens is 2. The number of carbonyl (C=O) groups excluding carboxylic acids is 1. The van der Waals surface area contributed by atoms with Gasteiger partial charge in [-0.15, -0.1) is 11.3 Å². The standard InChI is InChI=1S/C21H15FN2O3S/c1-13-17-19(28-18(13)21(26)27-16-8-3-2-4-9-16)23-12-24(20(17)25)11-14-6-5-7-15(22)10-14/h2-10,12H,11H2,1H3. The van der Waals surface area contributed by atoms with Crippen molar-refractivity contribution < 1.29 is 13.9 Å². The molecule has 2 heterocycles. The van der Waals surface area contributed by atoms with Crippen LogP contribution in [0.1, 0.15) is 20.8 Å². The second-order valence-electron chi connectivity index (χ2n) is 6.25. The van der Waals surface area contributed by atoms with E-state index in [0.29, 0.717) is 32.0 Å². The number of para-hydroxylation sites is 1. The van der Waals surface area contributed by atoms with Crippen molar-refractivity contribution in [2.24, 2.45) is 0 Å². The number of carbonyl (C=O) groups is 1. The average Bonchev–Trinajstić information content (AvgIpc) is 3.02. The van der Waals surface area contributed by atoms with Crippen molar-refractivity contribution in [2.45, 2.75) is 13.5 Å². The molecule has 140 valence electrons. The fourth-order valence-corrected chi connectivity index (χ4v) is 3.96. The Kier molecular flexibility index (Phi) is 4.75. The van der Waals surface area contributed by atoms with Crippen LogP contribution in [0.5, 0.6) is 5.75 Å². The molecule has 0 unspecified atom stereocenters. The van der Waals surface area contributed by atoms with Crippen molar-refractivity contribution in [2.75, 3.05) is 0 Å². The van der Waals surface area contributed by atoms with Gasteiger partial charge < -0.3 is 4.74 Å². The van der Waals surface area contributed by atoms with Gasteiger partial charge in [0, 0.05) is 0 Å². The molecule has 0 aliphatic rings. The fourth-order valence-electron chi connectivity index (χ4n) is 2.94. The minimum absolute atomic E-state index is 0.193. The minimum Gasteiger partial charge on any atom is -0.422 e. The van der Waals surface area contributed by atoms with Crippen molar-refractivity contribution in [3.8, 4) is 5.75 Å². The van der Waals surface area contributed by atoms with Crippen LogP contribution < -0.4 is 10.3 Å². The van der Waals surface area contributed by atoms with Crippen molar-refractivity contribution in [1.82, 2.24) is 9.55 Å². The second-order valence-corrected chi connectivity index (χ2v) is 7.25. The third-order valence-corrected chi connectivity index (χ3v) is 5.48. The number of ether oxygens (including phenoxy) is 1. The first-order chi connectivity index (χ1) is 13.5. The van der Waals surface area contributed by atoms with Gasteiger partial charge in [-0.3, -0.25) is 9.36 Å². The minimum atomic E-state index is -0.525. The molecule has 7 heteroatoms. The number of rotatable bonds is 4. The average molecular weight is 394 g/mol. The molecule has 28 heavy (non-hydrogen) atoms. The molecule has 0 spiro atoms. The van der Waals surface area contributed by atoms with Crippen LogP contribution in [0.2, 0.25) is 0 Å². The molecule has 0 radical (unpaired) electrons. The number of thiophene rings is 1. The number of aryl methyl sites for hydroxylation is 1. The lowest BCUT2D eigenvalue weighted by atomic mass is 10.2. The smallest absolute Gasteiger partial charge is 0.354 e. The van der Waals surface area contributed by atoms with Crippen LogP contribution in [-0.2, 0) is 6.54 Å². The molecule has 0 amide bonds. The Morgan fingerprint density at radius 1 is 1.18 bits per heavy atom. The van der Waals surface area contributed by atoms with Gasteiger partial charge >= 0.3 is 5.97 Å². The van der Waals surface area contributed by atoms with Crippen molar-refractivity contribution in [3.05, 3.63) is 93.1 Å². The van der Waals surface area contributed by atoms with E-state index in [0.717, 1.165) is 11.3 Å². The molecule has 0 aliphatic heterocycles. The van der Waals surface area contributed by atoms with Gasteiger partial charge in [-0.25, -0.2) is 14.2 Å². The number of halogens is 1. The predicted molar refractivity (Wildman–Crippen MR) is 106 cm³/mol. The summed E-state index contributed by atoms with van der Waals surface area (Å²) in [5.41, 5.74) is 0.911. The zero-order chi connectivity index (χ0) is 19.7. The number of hydrogen-bond donors (Lipinski definition) is 0. The molecule has 0 atom stereocenters. The summed E-state index contributed by atoms with van der Waals surface area (Å²) in [6, 6.07) is 14.8. The highest BCUT2D eigenvalue weighted by molar-refractivity contribution is 7.20. The third-order valence-electron chi connectivity index (χ3n) is 4.30. The van der Waals surface area contributed by atoms with E-state index in [9.17, 15) is 14.0 Å². The summed E-state index contributed by atoms with van der Waals surface area (Å²) >= 11 is 1.12. The van der Waals surface area contributed by atoms with Crippen LogP contribution in [0.3, 0.4) is 0 Å². The first-order valence-corrected chi connectivity index (χ1v) is 9.35. The van der Waals surface area contributed by atoms with E-state index in [-0.39, 0.29) is 17.9 Å². The van der Waals surface area contributed by atoms with Crippen molar-refractivity contribution in [3.63, 3.8) is 0 Å². The summed E-state index contributed by atoms with van der Waals surface area (Å²) < 4.78 is 20.2. The highest BCUT2D eigenvalue weighted by Gasteiger charge is 2.21. The lowest BCUT2D eigenvalue weighted by Crippen LogP contribution is -2.21. The van der Waals surface area contributed by atoms with Crippen LogP contribution in [0, 0.1) is 12.7 Å². The number of hydrogen-bond acceptors (Lipinski definition) is 5. The maximum Gasteiger partial charge on any atom is 0.354 e. The van der Waals surface area contributed by atoms with Crippen molar-refractivity contribution >= 4 is 27.5 Å². The van der Waals surface area contributed by atoms with Gasteiger partial charge in [-0.1, -0.05) is 30.3 Å². The maximum atomic E-state index is 13.4. The molecular formula is C21H15FN2O3S. The molecule has 0 N–H and O–H groups in total. The molecule has 0 saturated carbocycles. The maximum absolute atomic E-state index is 13.4. The topological polar surface area (TPSA) is 61.2 Å². The highest BCUT2D eigenvalue weighted by atomic mass is 32.1. The fraction of sp³-hybridized carbons (Fsp3) is 0.0952. The SMILES string of the molecule is Cc1c(C(=O)Oc2ccccc2)sc2ncn(Cc3cccc(F)c3)c(=O)c12. The van der Waals surface area contributed by atoms with E-state index < -0.39 is 5.97 Å². The summed E-state index contributed by atoms with van der Waals surface area (Å²) in [6.45, 7) is 1.90. The lowest BCUT2D eigenvalue weighted by molar-refractivity contribution is 0.0739. The predicted octanol–water partition coefficient (Wildman–Crippen LogP) is 4.17. The van der Waals surface area contributed by atoms with Gasteiger partial charge in [0.05, 0.1) is 18.3 Å². The molecule has 4 rings (SSSR count). The normalized spacial score (nSPS) is 10.9. The summed E-state index contributed by atoms with van der Waals surface area (Å²) in [5, 5.41) is 0.379. The Morgan fingerprint density at radius 3 is 2.71 bits per heavy atom. The van der Waals surface area contributed by atoms with Gasteiger partial charge in [0.2, 0.25) is 0 Å². The van der Waals surface area contributed by atoms with Crippen LogP contribution in [0.4, 0.5) is 4.39 Å².